The van der Waals surface area contributed by atoms with Crippen LogP contribution < -0.4 is 5.32 Å². The van der Waals surface area contributed by atoms with E-state index < -0.39 is 18.2 Å². The summed E-state index contributed by atoms with van der Waals surface area (Å²) in [6.07, 6.45) is 57.0. The van der Waals surface area contributed by atoms with Gasteiger partial charge in [0.1, 0.15) is 6.10 Å². The van der Waals surface area contributed by atoms with Gasteiger partial charge in [0.2, 0.25) is 5.91 Å². The van der Waals surface area contributed by atoms with E-state index in [0.717, 1.165) is 89.9 Å². The summed E-state index contributed by atoms with van der Waals surface area (Å²) < 4.78 is 5.91. The van der Waals surface area contributed by atoms with Crippen LogP contribution in [-0.2, 0) is 14.3 Å². The number of carbonyl (C=O) groups excluding carboxylic acids is 2. The summed E-state index contributed by atoms with van der Waals surface area (Å²) in [6, 6.07) is -0.709. The molecule has 59 heavy (non-hydrogen) atoms. The third kappa shape index (κ3) is 42.1. The molecule has 6 heteroatoms. The minimum absolute atomic E-state index is 0.0610. The van der Waals surface area contributed by atoms with Crippen molar-refractivity contribution >= 4 is 11.9 Å². The fourth-order valence-corrected chi connectivity index (χ4v) is 7.38. The molecule has 0 aliphatic rings. The van der Waals surface area contributed by atoms with Crippen molar-refractivity contribution in [2.45, 2.75) is 257 Å². The first kappa shape index (κ1) is 56.6. The van der Waals surface area contributed by atoms with Crippen molar-refractivity contribution in [1.29, 1.82) is 0 Å². The molecule has 0 spiro atoms. The molecule has 1 amide bonds. The molecule has 0 saturated heterocycles. The second-order valence-corrected chi connectivity index (χ2v) is 16.9. The van der Waals surface area contributed by atoms with E-state index in [0.29, 0.717) is 19.3 Å². The van der Waals surface area contributed by atoms with Crippen molar-refractivity contribution in [3.8, 4) is 0 Å². The zero-order chi connectivity index (χ0) is 43.1. The van der Waals surface area contributed by atoms with Gasteiger partial charge in [0.25, 0.3) is 0 Å². The number of amides is 1. The van der Waals surface area contributed by atoms with Crippen LogP contribution >= 0.6 is 0 Å². The monoisotopic (exact) mass is 826 g/mol. The lowest BCUT2D eigenvalue weighted by molar-refractivity contribution is -0.151. The van der Waals surface area contributed by atoms with E-state index >= 15 is 0 Å². The normalized spacial score (nSPS) is 13.8. The molecular weight excluding hydrogens is 731 g/mol. The van der Waals surface area contributed by atoms with E-state index in [1.54, 1.807) is 0 Å². The highest BCUT2D eigenvalue weighted by atomic mass is 16.5. The lowest BCUT2D eigenvalue weighted by atomic mass is 10.0. The van der Waals surface area contributed by atoms with Gasteiger partial charge in [0, 0.05) is 6.42 Å². The van der Waals surface area contributed by atoms with Crippen LogP contribution in [0.5, 0.6) is 0 Å². The molecule has 0 fully saturated rings. The zero-order valence-corrected chi connectivity index (χ0v) is 38.9. The van der Waals surface area contributed by atoms with Crippen LogP contribution in [0.2, 0.25) is 0 Å². The number of ether oxygens (including phenoxy) is 1. The van der Waals surface area contributed by atoms with Crippen molar-refractivity contribution in [3.05, 3.63) is 60.8 Å². The van der Waals surface area contributed by atoms with Crippen molar-refractivity contribution in [2.75, 3.05) is 6.61 Å². The first-order valence-electron chi connectivity index (χ1n) is 25.1. The van der Waals surface area contributed by atoms with Gasteiger partial charge < -0.3 is 20.3 Å². The van der Waals surface area contributed by atoms with Gasteiger partial charge in [0.05, 0.1) is 25.2 Å². The van der Waals surface area contributed by atoms with Crippen LogP contribution in [-0.4, -0.2) is 46.9 Å². The lowest BCUT2D eigenvalue weighted by Gasteiger charge is -2.24. The van der Waals surface area contributed by atoms with Crippen LogP contribution in [0.3, 0.4) is 0 Å². The summed E-state index contributed by atoms with van der Waals surface area (Å²) in [4.78, 5) is 26.1. The maximum Gasteiger partial charge on any atom is 0.306 e. The van der Waals surface area contributed by atoms with Crippen LogP contribution in [0.15, 0.2) is 60.8 Å². The van der Waals surface area contributed by atoms with Crippen LogP contribution in [0, 0.1) is 0 Å². The Kier molecular flexibility index (Phi) is 44.7. The van der Waals surface area contributed by atoms with Gasteiger partial charge in [-0.25, -0.2) is 0 Å². The standard InChI is InChI=1S/C53H95NO5/c1-4-7-10-13-16-19-22-25-26-28-31-34-37-40-43-46-53(58)59-49(44-41-38-35-32-29-27-23-20-17-14-11-8-5-2)47-52(57)54-50(48-55)51(56)45-42-39-36-33-30-24-21-18-15-12-9-6-3/h7,10,13,16,19-20,22-23,25-26,49-51,55-56H,4-6,8-9,11-12,14-15,17-18,21,24,27-48H2,1-3H3,(H,54,57)/b10-7+,16-13+,22-19+,23-20-,26-25-. The molecule has 0 aliphatic carbocycles. The summed E-state index contributed by atoms with van der Waals surface area (Å²) in [6.45, 7) is 6.32. The number of rotatable bonds is 44. The van der Waals surface area contributed by atoms with E-state index in [1.807, 2.05) is 18.2 Å². The van der Waals surface area contributed by atoms with E-state index in [-0.39, 0.29) is 24.9 Å². The zero-order valence-electron chi connectivity index (χ0n) is 38.9. The van der Waals surface area contributed by atoms with Crippen molar-refractivity contribution in [3.63, 3.8) is 0 Å². The number of carbonyl (C=O) groups is 2. The molecular formula is C53H95NO5. The highest BCUT2D eigenvalue weighted by molar-refractivity contribution is 5.77. The SMILES string of the molecule is CC/C=C/C=C/C=C/C=C\CCCCCCCC(=O)OC(CCCCCCC/C=C\CCCCCC)CC(=O)NC(CO)C(O)CCCCCCCCCCCCCC. The molecule has 342 valence electrons. The molecule has 3 atom stereocenters. The third-order valence-corrected chi connectivity index (χ3v) is 11.2. The number of aliphatic hydroxyl groups excluding tert-OH is 2. The van der Waals surface area contributed by atoms with Gasteiger partial charge in [-0.05, 0) is 70.6 Å². The Balaban J connectivity index is 4.64. The molecule has 0 aromatic carbocycles. The van der Waals surface area contributed by atoms with Gasteiger partial charge in [0.15, 0.2) is 0 Å². The molecule has 3 N–H and O–H groups in total. The number of unbranched alkanes of at least 4 members (excludes halogenated alkanes) is 25. The minimum atomic E-state index is -0.794. The average molecular weight is 826 g/mol. The predicted molar refractivity (Wildman–Crippen MR) is 255 cm³/mol. The third-order valence-electron chi connectivity index (χ3n) is 11.2. The van der Waals surface area contributed by atoms with E-state index in [1.165, 1.54) is 103 Å². The Morgan fingerprint density at radius 1 is 0.508 bits per heavy atom. The maximum atomic E-state index is 13.2. The van der Waals surface area contributed by atoms with E-state index in [9.17, 15) is 19.8 Å². The van der Waals surface area contributed by atoms with Crippen LogP contribution in [0.25, 0.3) is 0 Å². The Bertz CT molecular complexity index is 1060. The number of hydrogen-bond donors (Lipinski definition) is 3. The Morgan fingerprint density at radius 2 is 0.932 bits per heavy atom. The van der Waals surface area contributed by atoms with E-state index in [2.05, 4.69) is 68.6 Å². The maximum absolute atomic E-state index is 13.2. The smallest absolute Gasteiger partial charge is 0.306 e. The summed E-state index contributed by atoms with van der Waals surface area (Å²) in [5.41, 5.74) is 0. The molecule has 0 radical (unpaired) electrons. The second-order valence-electron chi connectivity index (χ2n) is 16.9. The first-order valence-corrected chi connectivity index (χ1v) is 25.1. The second kappa shape index (κ2) is 46.6. The minimum Gasteiger partial charge on any atom is -0.462 e. The highest BCUT2D eigenvalue weighted by Crippen LogP contribution is 2.17. The van der Waals surface area contributed by atoms with E-state index in [4.69, 9.17) is 4.74 Å². The van der Waals surface area contributed by atoms with Crippen LogP contribution in [0.4, 0.5) is 0 Å². The predicted octanol–water partition coefficient (Wildman–Crippen LogP) is 14.8. The number of aliphatic hydroxyl groups is 2. The van der Waals surface area contributed by atoms with Crippen molar-refractivity contribution in [1.82, 2.24) is 5.32 Å². The van der Waals surface area contributed by atoms with Crippen molar-refractivity contribution < 1.29 is 24.5 Å². The Labute approximate surface area is 365 Å². The number of nitrogens with one attached hydrogen (secondary N) is 1. The molecule has 0 aromatic rings. The fourth-order valence-electron chi connectivity index (χ4n) is 7.38. The van der Waals surface area contributed by atoms with Gasteiger partial charge in [-0.2, -0.15) is 0 Å². The number of allylic oxidation sites excluding steroid dienone is 10. The fraction of sp³-hybridized carbons (Fsp3) is 0.774. The van der Waals surface area contributed by atoms with Crippen LogP contribution in [0.1, 0.15) is 239 Å². The highest BCUT2D eigenvalue weighted by Gasteiger charge is 2.24. The summed E-state index contributed by atoms with van der Waals surface area (Å²) in [5.74, 6) is -0.508. The molecule has 3 unspecified atom stereocenters. The number of esters is 1. The molecule has 0 saturated carbocycles. The summed E-state index contributed by atoms with van der Waals surface area (Å²) in [7, 11) is 0. The molecule has 0 bridgehead atoms. The molecule has 0 rings (SSSR count). The Hall–Kier alpha value is -2.44. The summed E-state index contributed by atoms with van der Waals surface area (Å²) >= 11 is 0. The average Bonchev–Trinajstić information content (AvgIpc) is 3.23. The first-order chi connectivity index (χ1) is 29.0. The van der Waals surface area contributed by atoms with Gasteiger partial charge in [-0.3, -0.25) is 9.59 Å². The topological polar surface area (TPSA) is 95.9 Å². The summed E-state index contributed by atoms with van der Waals surface area (Å²) in [5, 5.41) is 23.7. The quantitative estimate of drug-likeness (QED) is 0.0246. The lowest BCUT2D eigenvalue weighted by Crippen LogP contribution is -2.46. The molecule has 6 nitrogen and oxygen atoms in total. The van der Waals surface area contributed by atoms with Crippen molar-refractivity contribution in [2.24, 2.45) is 0 Å². The number of hydrogen-bond acceptors (Lipinski definition) is 5. The molecule has 0 aromatic heterocycles. The molecule has 0 aliphatic heterocycles. The Morgan fingerprint density at radius 3 is 1.46 bits per heavy atom. The molecule has 0 heterocycles. The van der Waals surface area contributed by atoms with Gasteiger partial charge in [-0.1, -0.05) is 216 Å². The van der Waals surface area contributed by atoms with Gasteiger partial charge >= 0.3 is 5.97 Å². The largest absolute Gasteiger partial charge is 0.462 e. The van der Waals surface area contributed by atoms with Gasteiger partial charge in [-0.15, -0.1) is 0 Å².